The van der Waals surface area contributed by atoms with Crippen LogP contribution in [0.3, 0.4) is 0 Å². The van der Waals surface area contributed by atoms with Gasteiger partial charge in [0, 0.05) is 29.4 Å². The quantitative estimate of drug-likeness (QED) is 0.651. The number of aryl methyl sites for hydroxylation is 1. The summed E-state index contributed by atoms with van der Waals surface area (Å²) in [4.78, 5) is 0.973. The third-order valence-electron chi connectivity index (χ3n) is 5.76. The van der Waals surface area contributed by atoms with Gasteiger partial charge in [-0.25, -0.2) is 0 Å². The van der Waals surface area contributed by atoms with Crippen LogP contribution in [0.2, 0.25) is 0 Å². The summed E-state index contributed by atoms with van der Waals surface area (Å²) in [6, 6.07) is 17.3. The summed E-state index contributed by atoms with van der Waals surface area (Å²) in [5.41, 5.74) is 4.62. The van der Waals surface area contributed by atoms with E-state index in [1.54, 1.807) is 7.11 Å². The number of hydrogen-bond acceptors (Lipinski definition) is 3. The predicted octanol–water partition coefficient (Wildman–Crippen LogP) is 5.97. The van der Waals surface area contributed by atoms with E-state index in [4.69, 9.17) is 9.47 Å². The van der Waals surface area contributed by atoms with Crippen LogP contribution in [0.25, 0.3) is 0 Å². The second-order valence-corrected chi connectivity index (χ2v) is 8.29. The third kappa shape index (κ3) is 3.69. The Bertz CT molecular complexity index is 955. The summed E-state index contributed by atoms with van der Waals surface area (Å²) in [6.07, 6.45) is 8.42. The number of methoxy groups -OCH3 is 1. The average Bonchev–Trinajstić information content (AvgIpc) is 2.88. The molecular weight excluding hydrogens is 364 g/mol. The fourth-order valence-electron chi connectivity index (χ4n) is 4.03. The Morgan fingerprint density at radius 2 is 1.79 bits per heavy atom. The molecule has 2 aromatic carbocycles. The van der Waals surface area contributed by atoms with Crippen molar-refractivity contribution in [2.24, 2.45) is 0 Å². The summed E-state index contributed by atoms with van der Waals surface area (Å²) in [6.45, 7) is 4.85. The molecule has 4 rings (SSSR count). The van der Waals surface area contributed by atoms with E-state index in [1.807, 2.05) is 0 Å². The van der Waals surface area contributed by atoms with Crippen LogP contribution < -0.4 is 0 Å². The maximum atomic E-state index is 6.25. The molecule has 0 spiro atoms. The van der Waals surface area contributed by atoms with Gasteiger partial charge in [0.2, 0.25) is 0 Å². The highest BCUT2D eigenvalue weighted by Crippen LogP contribution is 2.46. The smallest absolute Gasteiger partial charge is 0.122 e. The molecule has 0 saturated heterocycles. The van der Waals surface area contributed by atoms with Crippen molar-refractivity contribution >= 4 is 12.6 Å². The largest absolute Gasteiger partial charge is 0.493 e. The second kappa shape index (κ2) is 7.65. The van der Waals surface area contributed by atoms with E-state index >= 15 is 0 Å². The minimum Gasteiger partial charge on any atom is -0.493 e. The van der Waals surface area contributed by atoms with Crippen molar-refractivity contribution in [3.63, 3.8) is 0 Å². The Balaban J connectivity index is 1.84. The lowest BCUT2D eigenvalue weighted by Crippen LogP contribution is -2.24. The summed E-state index contributed by atoms with van der Waals surface area (Å²) in [5.74, 6) is 1.38. The van der Waals surface area contributed by atoms with Crippen LogP contribution in [-0.2, 0) is 9.47 Å². The third-order valence-corrected chi connectivity index (χ3v) is 6.06. The van der Waals surface area contributed by atoms with E-state index in [2.05, 4.69) is 99.3 Å². The topological polar surface area (TPSA) is 18.5 Å². The summed E-state index contributed by atoms with van der Waals surface area (Å²) < 4.78 is 11.9. The number of hydrogen-bond donors (Lipinski definition) is 1. The lowest BCUT2D eigenvalue weighted by atomic mass is 9.75. The Kier molecular flexibility index (Phi) is 5.22. The monoisotopic (exact) mass is 390 g/mol. The van der Waals surface area contributed by atoms with E-state index < -0.39 is 5.60 Å². The van der Waals surface area contributed by atoms with E-state index in [0.29, 0.717) is 6.61 Å². The van der Waals surface area contributed by atoms with Crippen molar-refractivity contribution in [3.05, 3.63) is 101 Å². The fraction of sp³-hybridized carbons (Fsp3) is 0.280. The van der Waals surface area contributed by atoms with Crippen molar-refractivity contribution in [3.8, 4) is 0 Å². The van der Waals surface area contributed by atoms with Crippen LogP contribution >= 0.6 is 12.6 Å². The molecule has 2 aromatic rings. The van der Waals surface area contributed by atoms with Gasteiger partial charge in [0.05, 0.1) is 6.61 Å². The first-order valence-electron chi connectivity index (χ1n) is 9.65. The first-order valence-corrected chi connectivity index (χ1v) is 10.1. The molecule has 0 fully saturated rings. The van der Waals surface area contributed by atoms with Crippen LogP contribution in [0.1, 0.15) is 35.4 Å². The molecule has 28 heavy (non-hydrogen) atoms. The van der Waals surface area contributed by atoms with Gasteiger partial charge in [0.15, 0.2) is 0 Å². The van der Waals surface area contributed by atoms with E-state index in [0.717, 1.165) is 10.7 Å². The van der Waals surface area contributed by atoms with Gasteiger partial charge < -0.3 is 9.47 Å². The van der Waals surface area contributed by atoms with Gasteiger partial charge in [-0.15, -0.1) is 12.6 Å². The number of ether oxygens (including phenoxy) is 2. The fourth-order valence-corrected chi connectivity index (χ4v) is 4.18. The van der Waals surface area contributed by atoms with Gasteiger partial charge in [-0.2, -0.15) is 0 Å². The molecule has 3 atom stereocenters. The van der Waals surface area contributed by atoms with Gasteiger partial charge in [-0.1, -0.05) is 48.0 Å². The summed E-state index contributed by atoms with van der Waals surface area (Å²) in [7, 11) is 1.73. The Labute approximate surface area is 173 Å². The highest BCUT2D eigenvalue weighted by atomic mass is 32.1. The van der Waals surface area contributed by atoms with Crippen molar-refractivity contribution in [1.82, 2.24) is 0 Å². The van der Waals surface area contributed by atoms with E-state index in [1.165, 1.54) is 22.3 Å². The van der Waals surface area contributed by atoms with Crippen LogP contribution in [-0.4, -0.2) is 19.3 Å². The minimum atomic E-state index is -0.432. The van der Waals surface area contributed by atoms with Crippen molar-refractivity contribution in [1.29, 1.82) is 0 Å². The molecule has 2 aliphatic rings. The molecule has 1 heterocycles. The molecule has 0 bridgehead atoms. The van der Waals surface area contributed by atoms with E-state index in [-0.39, 0.29) is 11.8 Å². The van der Waals surface area contributed by atoms with Gasteiger partial charge in [-0.3, -0.25) is 0 Å². The van der Waals surface area contributed by atoms with Crippen molar-refractivity contribution in [2.75, 3.05) is 13.7 Å². The molecule has 2 nitrogen and oxygen atoms in total. The average molecular weight is 391 g/mol. The number of thiol groups is 1. The van der Waals surface area contributed by atoms with Gasteiger partial charge in [0.1, 0.15) is 11.4 Å². The second-order valence-electron chi connectivity index (χ2n) is 7.78. The molecule has 0 N–H and O–H groups in total. The maximum Gasteiger partial charge on any atom is 0.122 e. The Morgan fingerprint density at radius 3 is 2.50 bits per heavy atom. The lowest BCUT2D eigenvalue weighted by Gasteiger charge is -2.35. The molecule has 0 aromatic heterocycles. The number of allylic oxidation sites excluding steroid dienone is 3. The normalized spacial score (nSPS) is 26.6. The highest BCUT2D eigenvalue weighted by Gasteiger charge is 2.35. The van der Waals surface area contributed by atoms with Crippen LogP contribution in [0, 0.1) is 6.92 Å². The Hall–Kier alpha value is -2.23. The van der Waals surface area contributed by atoms with Crippen molar-refractivity contribution < 1.29 is 9.47 Å². The molecule has 0 saturated carbocycles. The standard InChI is InChI=1S/C25H26O2S/c1-17-5-4-6-19(15-17)22-16-27-23-12-14-25(2,26-3)13-11-21(23)24(22)18-7-9-20(28)10-8-18/h4-15,22,24,28H,16H2,1-3H3. The zero-order valence-electron chi connectivity index (χ0n) is 16.6. The van der Waals surface area contributed by atoms with E-state index in [9.17, 15) is 0 Å². The molecule has 144 valence electrons. The Morgan fingerprint density at radius 1 is 1.04 bits per heavy atom. The number of rotatable bonds is 3. The first kappa shape index (κ1) is 19.1. The first-order chi connectivity index (χ1) is 13.5. The summed E-state index contributed by atoms with van der Waals surface area (Å²) >= 11 is 4.47. The van der Waals surface area contributed by atoms with Crippen LogP contribution in [0.15, 0.2) is 89.1 Å². The molecule has 1 aliphatic carbocycles. The van der Waals surface area contributed by atoms with Gasteiger partial charge >= 0.3 is 0 Å². The maximum absolute atomic E-state index is 6.25. The highest BCUT2D eigenvalue weighted by molar-refractivity contribution is 7.80. The zero-order chi connectivity index (χ0) is 19.7. The van der Waals surface area contributed by atoms with Crippen molar-refractivity contribution in [2.45, 2.75) is 36.2 Å². The molecule has 0 amide bonds. The molecule has 3 unspecified atom stereocenters. The summed E-state index contributed by atoms with van der Waals surface area (Å²) in [5, 5.41) is 0. The zero-order valence-corrected chi connectivity index (χ0v) is 17.4. The van der Waals surface area contributed by atoms with Crippen LogP contribution in [0.5, 0.6) is 0 Å². The van der Waals surface area contributed by atoms with Crippen LogP contribution in [0.4, 0.5) is 0 Å². The molecular formula is C25H26O2S. The number of benzene rings is 2. The molecule has 3 heteroatoms. The molecule has 0 radical (unpaired) electrons. The SMILES string of the molecule is COC1(C)C=CC2=C(C=C1)C(c1ccc(S)cc1)C(c1cccc(C)c1)CO2. The van der Waals surface area contributed by atoms with Gasteiger partial charge in [-0.05, 0) is 55.3 Å². The predicted molar refractivity (Wildman–Crippen MR) is 117 cm³/mol. The minimum absolute atomic E-state index is 0.208. The molecule has 1 aliphatic heterocycles. The lowest BCUT2D eigenvalue weighted by molar-refractivity contribution is 0.0905. The van der Waals surface area contributed by atoms with Gasteiger partial charge in [0.25, 0.3) is 0 Å².